The van der Waals surface area contributed by atoms with Gasteiger partial charge in [-0.2, -0.15) is 5.10 Å². The number of nitrogens with zero attached hydrogens (tertiary/aromatic N) is 5. The van der Waals surface area contributed by atoms with Gasteiger partial charge >= 0.3 is 0 Å². The molecule has 0 spiro atoms. The van der Waals surface area contributed by atoms with Crippen LogP contribution in [0.2, 0.25) is 0 Å². The molecule has 1 saturated heterocycles. The highest BCUT2D eigenvalue weighted by molar-refractivity contribution is 6.08. The zero-order valence-corrected chi connectivity index (χ0v) is 18.2. The number of likely N-dealkylation sites (N-methyl/N-ethyl adjacent to an activating group) is 1. The van der Waals surface area contributed by atoms with Crippen LogP contribution in [0.1, 0.15) is 39.2 Å². The number of piperazine rings is 1. The Morgan fingerprint density at radius 3 is 2.68 bits per heavy atom. The Morgan fingerprint density at radius 1 is 1.19 bits per heavy atom. The predicted molar refractivity (Wildman–Crippen MR) is 120 cm³/mol. The Hall–Kier alpha value is -3.46. The molecule has 1 fully saturated rings. The quantitative estimate of drug-likeness (QED) is 0.665. The second-order valence-electron chi connectivity index (χ2n) is 8.18. The number of carbonyl (C=O) groups excluding carboxylic acids is 2. The summed E-state index contributed by atoms with van der Waals surface area (Å²) in [5.41, 5.74) is 9.78. The molecule has 0 aliphatic carbocycles. The van der Waals surface area contributed by atoms with E-state index in [-0.39, 0.29) is 11.3 Å². The van der Waals surface area contributed by atoms with Gasteiger partial charge in [-0.1, -0.05) is 0 Å². The number of fused-ring (bicyclic) bond motifs is 1. The zero-order valence-electron chi connectivity index (χ0n) is 18.2. The molecule has 162 valence electrons. The van der Waals surface area contributed by atoms with Crippen molar-refractivity contribution in [1.82, 2.24) is 19.5 Å². The molecule has 2 amide bonds. The summed E-state index contributed by atoms with van der Waals surface area (Å²) in [4.78, 5) is 33.9. The first-order valence-corrected chi connectivity index (χ1v) is 10.3. The molecule has 2 aromatic heterocycles. The fraction of sp³-hybridized carbons (Fsp3) is 0.364. The first-order valence-electron chi connectivity index (χ1n) is 10.3. The third-order valence-corrected chi connectivity index (χ3v) is 5.67. The number of nitrogens with two attached hydrogens (primary N) is 1. The number of primary amides is 1. The van der Waals surface area contributed by atoms with Crippen LogP contribution in [0.3, 0.4) is 0 Å². The van der Waals surface area contributed by atoms with E-state index in [2.05, 4.69) is 39.2 Å². The van der Waals surface area contributed by atoms with Crippen molar-refractivity contribution in [2.45, 2.75) is 26.8 Å². The van der Waals surface area contributed by atoms with Crippen molar-refractivity contribution in [2.75, 3.05) is 36.9 Å². The number of carbonyl (C=O) groups is 2. The molecule has 4 rings (SSSR count). The maximum atomic E-state index is 12.9. The normalized spacial score (nSPS) is 17.2. The minimum atomic E-state index is -0.593. The van der Waals surface area contributed by atoms with Gasteiger partial charge in [-0.05, 0) is 52.1 Å². The topological polar surface area (TPSA) is 109 Å². The lowest BCUT2D eigenvalue weighted by molar-refractivity contribution is 0.100. The largest absolute Gasteiger partial charge is 0.366 e. The Morgan fingerprint density at radius 2 is 1.97 bits per heavy atom. The first kappa shape index (κ1) is 20.8. The minimum Gasteiger partial charge on any atom is -0.366 e. The van der Waals surface area contributed by atoms with Crippen molar-refractivity contribution in [3.05, 3.63) is 53.1 Å². The summed E-state index contributed by atoms with van der Waals surface area (Å²) < 4.78 is 1.64. The van der Waals surface area contributed by atoms with Gasteiger partial charge in [0.2, 0.25) is 0 Å². The van der Waals surface area contributed by atoms with Crippen LogP contribution in [-0.4, -0.2) is 64.0 Å². The van der Waals surface area contributed by atoms with Crippen LogP contribution < -0.4 is 16.0 Å². The highest BCUT2D eigenvalue weighted by Crippen LogP contribution is 2.26. The smallest absolute Gasteiger partial charge is 0.276 e. The lowest BCUT2D eigenvalue weighted by Crippen LogP contribution is -2.50. The predicted octanol–water partition coefficient (Wildman–Crippen LogP) is 1.84. The van der Waals surface area contributed by atoms with Crippen LogP contribution in [0.15, 0.2) is 30.5 Å². The van der Waals surface area contributed by atoms with Gasteiger partial charge in [-0.3, -0.25) is 14.6 Å². The lowest BCUT2D eigenvalue weighted by Gasteiger charge is -2.40. The number of anilines is 2. The van der Waals surface area contributed by atoms with Gasteiger partial charge in [0.15, 0.2) is 5.69 Å². The molecule has 9 nitrogen and oxygen atoms in total. The summed E-state index contributed by atoms with van der Waals surface area (Å²) in [6, 6.07) is 7.37. The van der Waals surface area contributed by atoms with Crippen LogP contribution in [-0.2, 0) is 0 Å². The van der Waals surface area contributed by atoms with Crippen LogP contribution in [0.5, 0.6) is 0 Å². The van der Waals surface area contributed by atoms with Gasteiger partial charge in [0, 0.05) is 31.4 Å². The SMILES string of the molecule is Cc1cn2nc(C(=O)Nc3ccc(N4CCN(C)C[C@@H]4C)cc3C(N)=O)cc2c(C)n1. The van der Waals surface area contributed by atoms with Gasteiger partial charge in [-0.15, -0.1) is 0 Å². The van der Waals surface area contributed by atoms with Crippen LogP contribution in [0.25, 0.3) is 5.52 Å². The standard InChI is InChI=1S/C22H27N7O2/c1-13-11-29-20(15(3)24-13)10-19(26-29)22(31)25-18-6-5-16(9-17(18)21(23)30)28-8-7-27(4)12-14(28)2/h5-6,9-11,14H,7-8,12H2,1-4H3,(H2,23,30)(H,25,31)/t14-/m0/s1. The Balaban J connectivity index is 1.61. The van der Waals surface area contributed by atoms with E-state index in [9.17, 15) is 9.59 Å². The van der Waals surface area contributed by atoms with Crippen molar-refractivity contribution in [3.8, 4) is 0 Å². The monoisotopic (exact) mass is 421 g/mol. The average molecular weight is 422 g/mol. The lowest BCUT2D eigenvalue weighted by atomic mass is 10.1. The number of aryl methyl sites for hydroxylation is 2. The summed E-state index contributed by atoms with van der Waals surface area (Å²) in [6.45, 7) is 8.63. The van der Waals surface area contributed by atoms with E-state index < -0.39 is 11.8 Å². The highest BCUT2D eigenvalue weighted by Gasteiger charge is 2.23. The van der Waals surface area contributed by atoms with Crippen molar-refractivity contribution >= 4 is 28.7 Å². The number of rotatable bonds is 4. The van der Waals surface area contributed by atoms with Crippen LogP contribution in [0, 0.1) is 13.8 Å². The Bertz CT molecular complexity index is 1170. The van der Waals surface area contributed by atoms with E-state index in [0.29, 0.717) is 11.7 Å². The summed E-state index contributed by atoms with van der Waals surface area (Å²) in [6.07, 6.45) is 1.76. The summed E-state index contributed by atoms with van der Waals surface area (Å²) in [7, 11) is 2.10. The fourth-order valence-corrected chi connectivity index (χ4v) is 4.14. The maximum Gasteiger partial charge on any atom is 0.276 e. The third kappa shape index (κ3) is 4.09. The molecular formula is C22H27N7O2. The van der Waals surface area contributed by atoms with E-state index in [4.69, 9.17) is 5.73 Å². The maximum absolute atomic E-state index is 12.9. The van der Waals surface area contributed by atoms with Gasteiger partial charge in [-0.25, -0.2) is 4.52 Å². The molecule has 3 N–H and O–H groups in total. The Kier molecular flexibility index (Phi) is 5.36. The number of amides is 2. The minimum absolute atomic E-state index is 0.239. The van der Waals surface area contributed by atoms with E-state index in [1.165, 1.54) is 0 Å². The molecule has 0 bridgehead atoms. The summed E-state index contributed by atoms with van der Waals surface area (Å²) in [5, 5.41) is 7.14. The molecule has 1 atom stereocenters. The molecule has 31 heavy (non-hydrogen) atoms. The number of benzene rings is 1. The van der Waals surface area contributed by atoms with Crippen molar-refractivity contribution in [2.24, 2.45) is 5.73 Å². The summed E-state index contributed by atoms with van der Waals surface area (Å²) >= 11 is 0. The van der Waals surface area contributed by atoms with E-state index in [1.807, 2.05) is 19.9 Å². The van der Waals surface area contributed by atoms with Crippen molar-refractivity contribution < 1.29 is 9.59 Å². The summed E-state index contributed by atoms with van der Waals surface area (Å²) in [5.74, 6) is -1.01. The third-order valence-electron chi connectivity index (χ3n) is 5.67. The molecule has 0 unspecified atom stereocenters. The number of hydrogen-bond acceptors (Lipinski definition) is 6. The van der Waals surface area contributed by atoms with Gasteiger partial charge in [0.1, 0.15) is 0 Å². The number of hydrogen-bond donors (Lipinski definition) is 2. The molecule has 9 heteroatoms. The highest BCUT2D eigenvalue weighted by atomic mass is 16.2. The van der Waals surface area contributed by atoms with Crippen molar-refractivity contribution in [1.29, 1.82) is 0 Å². The van der Waals surface area contributed by atoms with Crippen molar-refractivity contribution in [3.63, 3.8) is 0 Å². The molecule has 1 aliphatic rings. The van der Waals surface area contributed by atoms with Gasteiger partial charge < -0.3 is 20.9 Å². The number of nitrogens with one attached hydrogen (secondary N) is 1. The molecule has 0 radical (unpaired) electrons. The molecule has 1 aliphatic heterocycles. The van der Waals surface area contributed by atoms with Crippen LogP contribution >= 0.6 is 0 Å². The number of aromatic nitrogens is 3. The first-order chi connectivity index (χ1) is 14.7. The molecule has 0 saturated carbocycles. The second kappa shape index (κ2) is 7.99. The average Bonchev–Trinajstić information content (AvgIpc) is 3.13. The van der Waals surface area contributed by atoms with E-state index in [1.54, 1.807) is 28.9 Å². The Labute approximate surface area is 180 Å². The molecule has 3 heterocycles. The van der Waals surface area contributed by atoms with E-state index >= 15 is 0 Å². The molecule has 3 aromatic rings. The van der Waals surface area contributed by atoms with Gasteiger partial charge in [0.05, 0.1) is 34.4 Å². The molecule has 1 aromatic carbocycles. The van der Waals surface area contributed by atoms with Crippen LogP contribution in [0.4, 0.5) is 11.4 Å². The van der Waals surface area contributed by atoms with E-state index in [0.717, 1.165) is 42.2 Å². The van der Waals surface area contributed by atoms with Gasteiger partial charge in [0.25, 0.3) is 11.8 Å². The second-order valence-corrected chi connectivity index (χ2v) is 8.18. The fourth-order valence-electron chi connectivity index (χ4n) is 4.14. The zero-order chi connectivity index (χ0) is 22.3. The molecular weight excluding hydrogens is 394 g/mol.